The fourth-order valence-electron chi connectivity index (χ4n) is 6.52. The fraction of sp³-hybridized carbons (Fsp3) is 0.462. The molecule has 4 aromatic rings. The molecule has 2 bridgehead atoms. The Labute approximate surface area is 214 Å². The largest absolute Gasteiger partial charge is 0.369 e. The van der Waals surface area contributed by atoms with Crippen LogP contribution in [-0.2, 0) is 0 Å². The molecule has 186 valence electrons. The van der Waals surface area contributed by atoms with Gasteiger partial charge in [0.05, 0.1) is 10.4 Å². The van der Waals surface area contributed by atoms with Crippen molar-refractivity contribution >= 4 is 44.7 Å². The van der Waals surface area contributed by atoms with Crippen LogP contribution in [0.1, 0.15) is 31.4 Å². The van der Waals surface area contributed by atoms with Crippen LogP contribution >= 0.6 is 11.3 Å². The van der Waals surface area contributed by atoms with E-state index in [0.717, 1.165) is 52.4 Å². The zero-order valence-corrected chi connectivity index (χ0v) is 21.3. The monoisotopic (exact) mass is 501 g/mol. The molecule has 3 unspecified atom stereocenters. The molecule has 1 saturated heterocycles. The maximum Gasteiger partial charge on any atom is 0.248 e. The summed E-state index contributed by atoms with van der Waals surface area (Å²) in [4.78, 5) is 9.68. The Morgan fingerprint density at radius 1 is 1.00 bits per heavy atom. The van der Waals surface area contributed by atoms with E-state index in [4.69, 9.17) is 5.73 Å². The van der Waals surface area contributed by atoms with Crippen molar-refractivity contribution in [2.24, 2.45) is 11.8 Å². The van der Waals surface area contributed by atoms with Gasteiger partial charge in [-0.3, -0.25) is 4.90 Å². The van der Waals surface area contributed by atoms with Gasteiger partial charge in [-0.2, -0.15) is 14.8 Å². The Morgan fingerprint density at radius 3 is 2.58 bits per heavy atom. The van der Waals surface area contributed by atoms with Crippen molar-refractivity contribution in [1.82, 2.24) is 29.9 Å². The molecular weight excluding hydrogens is 470 g/mol. The Hall–Kier alpha value is -3.24. The minimum Gasteiger partial charge on any atom is -0.369 e. The van der Waals surface area contributed by atoms with Gasteiger partial charge >= 0.3 is 0 Å². The van der Waals surface area contributed by atoms with Gasteiger partial charge in [-0.1, -0.05) is 6.42 Å². The second kappa shape index (κ2) is 8.70. The average Bonchev–Trinajstić information content (AvgIpc) is 3.70. The van der Waals surface area contributed by atoms with E-state index in [1.807, 2.05) is 18.4 Å². The molecule has 0 amide bonds. The first kappa shape index (κ1) is 22.0. The van der Waals surface area contributed by atoms with Gasteiger partial charge in [-0.25, -0.2) is 0 Å². The Balaban J connectivity index is 1.02. The third kappa shape index (κ3) is 3.79. The first-order valence-electron chi connectivity index (χ1n) is 12.9. The summed E-state index contributed by atoms with van der Waals surface area (Å²) in [6, 6.07) is 11.4. The summed E-state index contributed by atoms with van der Waals surface area (Å²) < 4.78 is 2.55. The summed E-state index contributed by atoms with van der Waals surface area (Å²) >= 11 is 1.60. The third-order valence-corrected chi connectivity index (χ3v) is 9.27. The fourth-order valence-corrected chi connectivity index (χ4v) is 7.43. The van der Waals surface area contributed by atoms with Crippen molar-refractivity contribution in [3.05, 3.63) is 41.4 Å². The molecule has 0 radical (unpaired) electrons. The number of nitrogens with zero attached hydrogens (tertiary/aromatic N) is 7. The number of fused-ring (bicyclic) bond motifs is 3. The van der Waals surface area contributed by atoms with Crippen molar-refractivity contribution in [2.75, 3.05) is 42.1 Å². The summed E-state index contributed by atoms with van der Waals surface area (Å²) in [6.07, 6.45) is 5.85. The number of benzene rings is 1. The standard InChI is InChI=1S/C26H31N9S/c1-16-21-8-13-36-23(21)24(31-30-16)35-25(27)29-26(32-35)28-19-4-6-20(7-5-19)33-9-11-34(12-10-33)22-15-17-2-3-18(22)14-17/h4-8,13,17-18,22H,2-3,9-12,14-15H2,1H3,(H3,27,28,29,32). The van der Waals surface area contributed by atoms with Gasteiger partial charge < -0.3 is 16.0 Å². The Bertz CT molecular complexity index is 1390. The zero-order valence-electron chi connectivity index (χ0n) is 20.5. The Morgan fingerprint density at radius 2 is 1.83 bits per heavy atom. The van der Waals surface area contributed by atoms with Gasteiger partial charge in [0.25, 0.3) is 0 Å². The van der Waals surface area contributed by atoms with Gasteiger partial charge in [-0.05, 0) is 73.7 Å². The molecule has 0 spiro atoms. The van der Waals surface area contributed by atoms with E-state index >= 15 is 0 Å². The van der Waals surface area contributed by atoms with Crippen LogP contribution < -0.4 is 16.0 Å². The van der Waals surface area contributed by atoms with E-state index in [-0.39, 0.29) is 5.95 Å². The molecule has 2 saturated carbocycles. The van der Waals surface area contributed by atoms with Crippen LogP contribution in [0.25, 0.3) is 15.9 Å². The number of anilines is 4. The highest BCUT2D eigenvalue weighted by Gasteiger charge is 2.42. The van der Waals surface area contributed by atoms with Gasteiger partial charge in [0.1, 0.15) is 0 Å². The van der Waals surface area contributed by atoms with E-state index in [9.17, 15) is 0 Å². The van der Waals surface area contributed by atoms with E-state index in [1.165, 1.54) is 44.5 Å². The van der Waals surface area contributed by atoms with Crippen LogP contribution in [-0.4, -0.2) is 62.1 Å². The van der Waals surface area contributed by atoms with E-state index in [2.05, 4.69) is 59.7 Å². The van der Waals surface area contributed by atoms with Crippen LogP contribution in [0.4, 0.5) is 23.3 Å². The van der Waals surface area contributed by atoms with Crippen molar-refractivity contribution < 1.29 is 0 Å². The number of thiophene rings is 1. The molecule has 9 nitrogen and oxygen atoms in total. The van der Waals surface area contributed by atoms with Crippen LogP contribution in [0.15, 0.2) is 35.7 Å². The zero-order chi connectivity index (χ0) is 24.2. The highest BCUT2D eigenvalue weighted by Crippen LogP contribution is 2.46. The molecule has 3 fully saturated rings. The van der Waals surface area contributed by atoms with Crippen molar-refractivity contribution in [3.63, 3.8) is 0 Å². The Kier molecular flexibility index (Phi) is 5.32. The molecule has 2 aliphatic carbocycles. The lowest BCUT2D eigenvalue weighted by Gasteiger charge is -2.41. The number of aromatic nitrogens is 5. The smallest absolute Gasteiger partial charge is 0.248 e. The van der Waals surface area contributed by atoms with Gasteiger partial charge in [0.2, 0.25) is 11.9 Å². The third-order valence-electron chi connectivity index (χ3n) is 8.36. The van der Waals surface area contributed by atoms with Crippen LogP contribution in [0.2, 0.25) is 0 Å². The number of piperazine rings is 1. The predicted molar refractivity (Wildman–Crippen MR) is 144 cm³/mol. The first-order chi connectivity index (χ1) is 17.6. The maximum absolute atomic E-state index is 6.20. The van der Waals surface area contributed by atoms with Gasteiger partial charge in [0.15, 0.2) is 5.82 Å². The molecular formula is C26H31N9S. The second-order valence-electron chi connectivity index (χ2n) is 10.4. The molecule has 4 heterocycles. The normalized spacial score (nSPS) is 24.1. The molecule has 36 heavy (non-hydrogen) atoms. The van der Waals surface area contributed by atoms with E-state index in [0.29, 0.717) is 11.8 Å². The number of rotatable bonds is 5. The predicted octanol–water partition coefficient (Wildman–Crippen LogP) is 4.22. The topological polar surface area (TPSA) is 101 Å². The minimum atomic E-state index is 0.273. The lowest BCUT2D eigenvalue weighted by atomic mass is 9.93. The van der Waals surface area contributed by atoms with Crippen molar-refractivity contribution in [1.29, 1.82) is 0 Å². The number of hydrogen-bond donors (Lipinski definition) is 2. The van der Waals surface area contributed by atoms with E-state index in [1.54, 1.807) is 16.0 Å². The van der Waals surface area contributed by atoms with Crippen LogP contribution in [0, 0.1) is 18.8 Å². The summed E-state index contributed by atoms with van der Waals surface area (Å²) in [6.45, 7) is 6.49. The number of nitrogens with one attached hydrogen (secondary N) is 1. The highest BCUT2D eigenvalue weighted by molar-refractivity contribution is 7.17. The molecule has 1 aromatic carbocycles. The molecule has 7 rings (SSSR count). The molecule has 3 aromatic heterocycles. The molecule has 1 aliphatic heterocycles. The maximum atomic E-state index is 6.20. The molecule has 3 aliphatic rings. The van der Waals surface area contributed by atoms with Crippen molar-refractivity contribution in [3.8, 4) is 5.82 Å². The van der Waals surface area contributed by atoms with Gasteiger partial charge in [-0.15, -0.1) is 21.5 Å². The number of nitrogen functional groups attached to an aromatic ring is 1. The second-order valence-corrected chi connectivity index (χ2v) is 11.3. The number of aryl methyl sites for hydroxylation is 1. The molecule has 10 heteroatoms. The summed E-state index contributed by atoms with van der Waals surface area (Å²) in [5.74, 6) is 3.29. The summed E-state index contributed by atoms with van der Waals surface area (Å²) in [7, 11) is 0. The molecule has 3 atom stereocenters. The highest BCUT2D eigenvalue weighted by atomic mass is 32.1. The van der Waals surface area contributed by atoms with E-state index < -0.39 is 0 Å². The summed E-state index contributed by atoms with van der Waals surface area (Å²) in [5.41, 5.74) is 9.28. The summed E-state index contributed by atoms with van der Waals surface area (Å²) in [5, 5.41) is 19.5. The van der Waals surface area contributed by atoms with Crippen LogP contribution in [0.3, 0.4) is 0 Å². The lowest BCUT2D eigenvalue weighted by molar-refractivity contribution is 0.135. The van der Waals surface area contributed by atoms with Gasteiger partial charge in [0, 0.05) is 49.0 Å². The quantitative estimate of drug-likeness (QED) is 0.419. The van der Waals surface area contributed by atoms with Crippen LogP contribution in [0.5, 0.6) is 0 Å². The minimum absolute atomic E-state index is 0.273. The first-order valence-corrected chi connectivity index (χ1v) is 13.8. The molecule has 3 N–H and O–H groups in total. The van der Waals surface area contributed by atoms with Crippen molar-refractivity contribution in [2.45, 2.75) is 38.6 Å². The average molecular weight is 502 g/mol. The number of nitrogens with two attached hydrogens (primary N) is 1. The SMILES string of the molecule is Cc1nnc(-n2nc(Nc3ccc(N4CCN(C5CC6CCC5C6)CC4)cc3)nc2N)c2sccc12. The number of hydrogen-bond acceptors (Lipinski definition) is 9. The lowest BCUT2D eigenvalue weighted by Crippen LogP contribution is -2.51.